The minimum absolute atomic E-state index is 0.113. The first-order valence-corrected chi connectivity index (χ1v) is 12.6. The van der Waals surface area contributed by atoms with Crippen molar-refractivity contribution in [3.05, 3.63) is 23.3 Å². The van der Waals surface area contributed by atoms with Crippen LogP contribution in [-0.4, -0.2) is 60.2 Å². The maximum atomic E-state index is 13.0. The van der Waals surface area contributed by atoms with Gasteiger partial charge in [-0.2, -0.15) is 0 Å². The molecular formula is C26H35N3O4. The summed E-state index contributed by atoms with van der Waals surface area (Å²) in [5.41, 5.74) is 2.39. The first-order chi connectivity index (χ1) is 15.9. The maximum absolute atomic E-state index is 13.0. The van der Waals surface area contributed by atoms with Gasteiger partial charge in [0.2, 0.25) is 12.3 Å². The van der Waals surface area contributed by atoms with Crippen molar-refractivity contribution in [2.45, 2.75) is 76.0 Å². The summed E-state index contributed by atoms with van der Waals surface area (Å²) in [6.07, 6.45) is 7.27. The van der Waals surface area contributed by atoms with Crippen molar-refractivity contribution >= 4 is 18.0 Å². The SMILES string of the molecule is CC(C)(CO)C(=O)N[C@@H]1CC[C@H]2[C@H]3Cc4ccc(NC=O)c5c4[C@@]2(CCN3CC2CC2)[C@H]1O5. The van der Waals surface area contributed by atoms with Crippen LogP contribution in [-0.2, 0) is 21.4 Å². The van der Waals surface area contributed by atoms with Gasteiger partial charge in [0.05, 0.1) is 23.8 Å². The zero-order valence-corrected chi connectivity index (χ0v) is 19.6. The van der Waals surface area contributed by atoms with E-state index in [0.717, 1.165) is 49.6 Å². The van der Waals surface area contributed by atoms with Crippen molar-refractivity contribution in [3.8, 4) is 5.75 Å². The summed E-state index contributed by atoms with van der Waals surface area (Å²) in [5, 5.41) is 15.8. The van der Waals surface area contributed by atoms with Gasteiger partial charge in [-0.1, -0.05) is 6.07 Å². The predicted octanol–water partition coefficient (Wildman–Crippen LogP) is 2.21. The van der Waals surface area contributed by atoms with Crippen LogP contribution >= 0.6 is 0 Å². The number of carbonyl (C=O) groups excluding carboxylic acids is 2. The van der Waals surface area contributed by atoms with Crippen molar-refractivity contribution in [2.75, 3.05) is 25.0 Å². The van der Waals surface area contributed by atoms with E-state index in [1.165, 1.54) is 30.5 Å². The van der Waals surface area contributed by atoms with Crippen LogP contribution in [0.1, 0.15) is 57.1 Å². The summed E-state index contributed by atoms with van der Waals surface area (Å²) in [7, 11) is 0. The zero-order chi connectivity index (χ0) is 23.0. The summed E-state index contributed by atoms with van der Waals surface area (Å²) in [4.78, 5) is 27.1. The number of aliphatic hydroxyl groups excluding tert-OH is 1. The number of likely N-dealkylation sites (tertiary alicyclic amines) is 1. The Morgan fingerprint density at radius 3 is 2.85 bits per heavy atom. The number of hydrogen-bond donors (Lipinski definition) is 3. The van der Waals surface area contributed by atoms with Gasteiger partial charge >= 0.3 is 0 Å². The third-order valence-corrected chi connectivity index (χ3v) is 9.18. The summed E-state index contributed by atoms with van der Waals surface area (Å²) in [5.74, 6) is 2.04. The van der Waals surface area contributed by atoms with E-state index in [1.54, 1.807) is 13.8 Å². The molecule has 3 fully saturated rings. The molecule has 1 aromatic carbocycles. The average Bonchev–Trinajstić information content (AvgIpc) is 3.55. The lowest BCUT2D eigenvalue weighted by Crippen LogP contribution is -2.69. The van der Waals surface area contributed by atoms with Crippen LogP contribution in [0.5, 0.6) is 5.75 Å². The highest BCUT2D eigenvalue weighted by atomic mass is 16.5. The van der Waals surface area contributed by atoms with Crippen LogP contribution < -0.4 is 15.4 Å². The van der Waals surface area contributed by atoms with Crippen LogP contribution in [0.25, 0.3) is 0 Å². The van der Waals surface area contributed by atoms with Gasteiger partial charge in [-0.25, -0.2) is 0 Å². The van der Waals surface area contributed by atoms with E-state index in [4.69, 9.17) is 4.74 Å². The number of carbonyl (C=O) groups is 2. The monoisotopic (exact) mass is 453 g/mol. The molecule has 5 aliphatic rings. The van der Waals surface area contributed by atoms with E-state index in [-0.39, 0.29) is 30.1 Å². The van der Waals surface area contributed by atoms with Crippen molar-refractivity contribution < 1.29 is 19.4 Å². The van der Waals surface area contributed by atoms with Crippen molar-refractivity contribution in [1.82, 2.24) is 10.2 Å². The number of piperidine rings is 1. The Balaban J connectivity index is 1.41. The molecule has 2 saturated carbocycles. The Bertz CT molecular complexity index is 990. The normalized spacial score (nSPS) is 34.3. The fourth-order valence-electron chi connectivity index (χ4n) is 7.26. The lowest BCUT2D eigenvalue weighted by Gasteiger charge is -2.59. The van der Waals surface area contributed by atoms with Crippen LogP contribution in [0.3, 0.4) is 0 Å². The molecule has 3 aliphatic carbocycles. The van der Waals surface area contributed by atoms with Gasteiger partial charge in [0.25, 0.3) is 0 Å². The molecule has 6 rings (SSSR count). The van der Waals surface area contributed by atoms with Gasteiger partial charge in [0.15, 0.2) is 0 Å². The summed E-state index contributed by atoms with van der Waals surface area (Å²) < 4.78 is 6.73. The minimum Gasteiger partial charge on any atom is -0.485 e. The van der Waals surface area contributed by atoms with E-state index in [9.17, 15) is 14.7 Å². The van der Waals surface area contributed by atoms with Crippen molar-refractivity contribution in [2.24, 2.45) is 17.3 Å². The average molecular weight is 454 g/mol. The second kappa shape index (κ2) is 7.44. The number of benzene rings is 1. The molecule has 0 radical (unpaired) electrons. The standard InChI is InChI=1S/C26H35N3O4/c1-25(2,13-30)24(32)28-19-8-6-17-20-11-16-5-7-18(27-14-31)22-21(16)26(17,23(19)33-22)9-10-29(20)12-15-3-4-15/h5,7,14-15,17,19-20,23,30H,3-4,6,8-13H2,1-2H3,(H,27,31)(H,28,32)/t17-,19+,20+,23-,26-/m0/s1. The number of amides is 2. The van der Waals surface area contributed by atoms with E-state index in [2.05, 4.69) is 21.6 Å². The van der Waals surface area contributed by atoms with Crippen molar-refractivity contribution in [3.63, 3.8) is 0 Å². The predicted molar refractivity (Wildman–Crippen MR) is 124 cm³/mol. The molecule has 178 valence electrons. The molecule has 1 aromatic rings. The molecule has 7 heteroatoms. The minimum atomic E-state index is -0.835. The number of anilines is 1. The van der Waals surface area contributed by atoms with Gasteiger partial charge in [0, 0.05) is 23.6 Å². The molecular weight excluding hydrogens is 418 g/mol. The second-order valence-corrected chi connectivity index (χ2v) is 11.6. The number of nitrogens with one attached hydrogen (secondary N) is 2. The molecule has 1 saturated heterocycles. The Morgan fingerprint density at radius 2 is 2.12 bits per heavy atom. The highest BCUT2D eigenvalue weighted by molar-refractivity contribution is 5.83. The number of aliphatic hydroxyl groups is 1. The molecule has 2 amide bonds. The third-order valence-electron chi connectivity index (χ3n) is 9.18. The lowest BCUT2D eigenvalue weighted by molar-refractivity contribution is -0.135. The second-order valence-electron chi connectivity index (χ2n) is 11.6. The van der Waals surface area contributed by atoms with Gasteiger partial charge in [-0.15, -0.1) is 0 Å². The maximum Gasteiger partial charge on any atom is 0.228 e. The first-order valence-electron chi connectivity index (χ1n) is 12.6. The summed E-state index contributed by atoms with van der Waals surface area (Å²) >= 11 is 0. The lowest BCUT2D eigenvalue weighted by atomic mass is 9.51. The number of rotatable bonds is 7. The molecule has 0 aromatic heterocycles. The summed E-state index contributed by atoms with van der Waals surface area (Å²) in [6, 6.07) is 4.55. The van der Waals surface area contributed by atoms with Crippen LogP contribution in [0.2, 0.25) is 0 Å². The smallest absolute Gasteiger partial charge is 0.228 e. The highest BCUT2D eigenvalue weighted by Gasteiger charge is 2.66. The topological polar surface area (TPSA) is 90.9 Å². The van der Waals surface area contributed by atoms with Crippen LogP contribution in [0, 0.1) is 17.3 Å². The fourth-order valence-corrected chi connectivity index (χ4v) is 7.26. The van der Waals surface area contributed by atoms with Gasteiger partial charge in [-0.05, 0) is 82.4 Å². The van der Waals surface area contributed by atoms with E-state index in [0.29, 0.717) is 18.4 Å². The van der Waals surface area contributed by atoms with Gasteiger partial charge in [0.1, 0.15) is 11.9 Å². The molecule has 3 N–H and O–H groups in total. The Labute approximate surface area is 195 Å². The number of nitrogens with zero attached hydrogens (tertiary/aromatic N) is 1. The molecule has 5 atom stereocenters. The fraction of sp³-hybridized carbons (Fsp3) is 0.692. The van der Waals surface area contributed by atoms with Gasteiger partial charge < -0.3 is 20.5 Å². The molecule has 0 unspecified atom stereocenters. The van der Waals surface area contributed by atoms with Crippen LogP contribution in [0.15, 0.2) is 12.1 Å². The van der Waals surface area contributed by atoms with Gasteiger partial charge in [-0.3, -0.25) is 14.5 Å². The number of hydrogen-bond acceptors (Lipinski definition) is 5. The quantitative estimate of drug-likeness (QED) is 0.551. The molecule has 2 heterocycles. The molecule has 33 heavy (non-hydrogen) atoms. The Hall–Kier alpha value is -2.12. The highest BCUT2D eigenvalue weighted by Crippen LogP contribution is 2.63. The van der Waals surface area contributed by atoms with E-state index in [1.807, 2.05) is 6.07 Å². The molecule has 1 spiro atoms. The first kappa shape index (κ1) is 21.4. The van der Waals surface area contributed by atoms with Crippen molar-refractivity contribution in [1.29, 1.82) is 0 Å². The van der Waals surface area contributed by atoms with E-state index < -0.39 is 5.41 Å². The zero-order valence-electron chi connectivity index (χ0n) is 19.6. The number of ether oxygens (including phenoxy) is 1. The van der Waals surface area contributed by atoms with Crippen LogP contribution in [0.4, 0.5) is 5.69 Å². The molecule has 7 nitrogen and oxygen atoms in total. The Morgan fingerprint density at radius 1 is 1.30 bits per heavy atom. The largest absolute Gasteiger partial charge is 0.485 e. The van der Waals surface area contributed by atoms with E-state index >= 15 is 0 Å². The molecule has 2 bridgehead atoms. The molecule has 2 aliphatic heterocycles. The third kappa shape index (κ3) is 3.08. The summed E-state index contributed by atoms with van der Waals surface area (Å²) in [6.45, 7) is 5.62. The Kier molecular flexibility index (Phi) is 4.83.